The minimum atomic E-state index is -4.41. The molecule has 0 saturated carbocycles. The topological polar surface area (TPSA) is 52.6 Å². The van der Waals surface area contributed by atoms with Gasteiger partial charge in [-0.25, -0.2) is 0 Å². The van der Waals surface area contributed by atoms with Gasteiger partial charge in [-0.3, -0.25) is 4.79 Å². The van der Waals surface area contributed by atoms with Gasteiger partial charge in [0.25, 0.3) is 0 Å². The highest BCUT2D eigenvalue weighted by Gasteiger charge is 2.30. The molecule has 0 spiro atoms. The molecule has 30 heavy (non-hydrogen) atoms. The van der Waals surface area contributed by atoms with Crippen LogP contribution < -0.4 is 9.80 Å². The van der Waals surface area contributed by atoms with Crippen LogP contribution in [0.4, 0.5) is 24.8 Å². The number of hydrogen-bond acceptors (Lipinski definition) is 5. The van der Waals surface area contributed by atoms with E-state index in [1.165, 1.54) is 6.07 Å². The number of carbonyl (C=O) groups is 1. The lowest BCUT2D eigenvalue weighted by molar-refractivity contribution is -0.138. The summed E-state index contributed by atoms with van der Waals surface area (Å²) in [6.07, 6.45) is -4.45. The molecule has 3 rings (SSSR count). The minimum Gasteiger partial charge on any atom is -0.356 e. The van der Waals surface area contributed by atoms with Crippen molar-refractivity contribution in [3.05, 3.63) is 47.5 Å². The zero-order chi connectivity index (χ0) is 21.7. The molecule has 1 amide bonds. The van der Waals surface area contributed by atoms with Gasteiger partial charge in [0.15, 0.2) is 11.6 Å². The van der Waals surface area contributed by atoms with Gasteiger partial charge >= 0.3 is 6.18 Å². The Bertz CT molecular complexity index is 844. The van der Waals surface area contributed by atoms with Crippen LogP contribution in [-0.2, 0) is 17.4 Å². The Balaban J connectivity index is 1.56. The van der Waals surface area contributed by atoms with Crippen molar-refractivity contribution in [2.45, 2.75) is 26.4 Å². The number of alkyl halides is 3. The van der Waals surface area contributed by atoms with E-state index in [1.807, 2.05) is 12.1 Å². The van der Waals surface area contributed by atoms with Gasteiger partial charge in [0.05, 0.1) is 12.0 Å². The number of aromatic nitrogens is 2. The molecule has 0 N–H and O–H groups in total. The van der Waals surface area contributed by atoms with Gasteiger partial charge in [0, 0.05) is 39.3 Å². The first-order valence-corrected chi connectivity index (χ1v) is 10.1. The number of piperazine rings is 1. The molecule has 0 aliphatic carbocycles. The molecule has 0 radical (unpaired) electrons. The molecule has 1 aromatic heterocycles. The van der Waals surface area contributed by atoms with Crippen LogP contribution in [0.15, 0.2) is 36.4 Å². The third kappa shape index (κ3) is 5.20. The molecule has 1 aromatic carbocycles. The molecular weight excluding hydrogens is 395 g/mol. The van der Waals surface area contributed by atoms with E-state index >= 15 is 0 Å². The first kappa shape index (κ1) is 21.9. The molecule has 1 saturated heterocycles. The highest BCUT2D eigenvalue weighted by Crippen LogP contribution is 2.29. The fraction of sp³-hybridized carbons (Fsp3) is 0.476. The van der Waals surface area contributed by atoms with Gasteiger partial charge in [-0.2, -0.15) is 13.2 Å². The standard InChI is InChI=1S/C21H26F3N5O/c1-3-27(4-2)18-8-9-19(26-25-18)28-10-12-29(13-11-28)20(30)15-16-6-5-7-17(14-16)21(22,23)24/h5-9,14H,3-4,10-13,15H2,1-2H3. The molecule has 6 nitrogen and oxygen atoms in total. The van der Waals surface area contributed by atoms with Crippen molar-refractivity contribution in [1.82, 2.24) is 15.1 Å². The van der Waals surface area contributed by atoms with Crippen molar-refractivity contribution < 1.29 is 18.0 Å². The summed E-state index contributed by atoms with van der Waals surface area (Å²) in [5.41, 5.74) is -0.362. The maximum Gasteiger partial charge on any atom is 0.416 e. The fourth-order valence-electron chi connectivity index (χ4n) is 3.53. The Morgan fingerprint density at radius 1 is 1.03 bits per heavy atom. The van der Waals surface area contributed by atoms with E-state index in [-0.39, 0.29) is 12.3 Å². The number of carbonyl (C=O) groups excluding carboxylic acids is 1. The average molecular weight is 421 g/mol. The Morgan fingerprint density at radius 3 is 2.30 bits per heavy atom. The number of amides is 1. The van der Waals surface area contributed by atoms with E-state index in [0.717, 1.165) is 36.9 Å². The summed E-state index contributed by atoms with van der Waals surface area (Å²) < 4.78 is 38.6. The molecule has 1 fully saturated rings. The third-order valence-electron chi connectivity index (χ3n) is 5.29. The van der Waals surface area contributed by atoms with E-state index in [9.17, 15) is 18.0 Å². The maximum atomic E-state index is 12.9. The summed E-state index contributed by atoms with van der Waals surface area (Å²) in [7, 11) is 0. The van der Waals surface area contributed by atoms with E-state index < -0.39 is 11.7 Å². The van der Waals surface area contributed by atoms with Gasteiger partial charge in [0.2, 0.25) is 5.91 Å². The quantitative estimate of drug-likeness (QED) is 0.717. The SMILES string of the molecule is CCN(CC)c1ccc(N2CCN(C(=O)Cc3cccc(C(F)(F)F)c3)CC2)nn1. The molecular formula is C21H26F3N5O. The Morgan fingerprint density at radius 2 is 1.73 bits per heavy atom. The predicted octanol–water partition coefficient (Wildman–Crippen LogP) is 3.23. The first-order valence-electron chi connectivity index (χ1n) is 10.1. The van der Waals surface area contributed by atoms with Crippen molar-refractivity contribution in [2.24, 2.45) is 0 Å². The van der Waals surface area contributed by atoms with Crippen LogP contribution >= 0.6 is 0 Å². The summed E-state index contributed by atoms with van der Waals surface area (Å²) in [5.74, 6) is 1.42. The van der Waals surface area contributed by atoms with E-state index in [2.05, 4.69) is 33.8 Å². The third-order valence-corrected chi connectivity index (χ3v) is 5.29. The van der Waals surface area contributed by atoms with Gasteiger partial charge < -0.3 is 14.7 Å². The van der Waals surface area contributed by atoms with Crippen molar-refractivity contribution in [1.29, 1.82) is 0 Å². The molecule has 2 heterocycles. The van der Waals surface area contributed by atoms with Gasteiger partial charge in [-0.05, 0) is 37.6 Å². The lowest BCUT2D eigenvalue weighted by Gasteiger charge is -2.35. The second-order valence-electron chi connectivity index (χ2n) is 7.16. The molecule has 0 atom stereocenters. The molecule has 1 aliphatic rings. The van der Waals surface area contributed by atoms with Crippen LogP contribution in [0.2, 0.25) is 0 Å². The zero-order valence-corrected chi connectivity index (χ0v) is 17.2. The maximum absolute atomic E-state index is 12.9. The summed E-state index contributed by atoms with van der Waals surface area (Å²) >= 11 is 0. The highest BCUT2D eigenvalue weighted by atomic mass is 19.4. The molecule has 162 valence electrons. The van der Waals surface area contributed by atoms with Crippen LogP contribution in [0.3, 0.4) is 0 Å². The first-order chi connectivity index (χ1) is 14.3. The zero-order valence-electron chi connectivity index (χ0n) is 17.2. The van der Waals surface area contributed by atoms with E-state index in [0.29, 0.717) is 31.7 Å². The second kappa shape index (κ2) is 9.32. The number of hydrogen-bond donors (Lipinski definition) is 0. The predicted molar refractivity (Wildman–Crippen MR) is 110 cm³/mol. The van der Waals surface area contributed by atoms with Gasteiger partial charge in [-0.1, -0.05) is 18.2 Å². The van der Waals surface area contributed by atoms with E-state index in [4.69, 9.17) is 0 Å². The molecule has 2 aromatic rings. The number of benzene rings is 1. The normalized spacial score (nSPS) is 14.7. The van der Waals surface area contributed by atoms with E-state index in [1.54, 1.807) is 11.0 Å². The smallest absolute Gasteiger partial charge is 0.356 e. The lowest BCUT2D eigenvalue weighted by atomic mass is 10.1. The number of nitrogens with zero attached hydrogens (tertiary/aromatic N) is 5. The summed E-state index contributed by atoms with van der Waals surface area (Å²) in [5, 5.41) is 8.61. The highest BCUT2D eigenvalue weighted by molar-refractivity contribution is 5.79. The van der Waals surface area contributed by atoms with Crippen LogP contribution in [0.1, 0.15) is 25.0 Å². The number of halogens is 3. The lowest BCUT2D eigenvalue weighted by Crippen LogP contribution is -2.49. The van der Waals surface area contributed by atoms with Gasteiger partial charge in [0.1, 0.15) is 0 Å². The fourth-order valence-corrected chi connectivity index (χ4v) is 3.53. The second-order valence-corrected chi connectivity index (χ2v) is 7.16. The molecule has 0 unspecified atom stereocenters. The van der Waals surface area contributed by atoms with Crippen molar-refractivity contribution >= 4 is 17.5 Å². The Hall–Kier alpha value is -2.84. The monoisotopic (exact) mass is 421 g/mol. The number of rotatable bonds is 6. The van der Waals surface area contributed by atoms with Crippen molar-refractivity contribution in [3.8, 4) is 0 Å². The van der Waals surface area contributed by atoms with Crippen LogP contribution in [-0.4, -0.2) is 60.3 Å². The Labute approximate surface area is 174 Å². The largest absolute Gasteiger partial charge is 0.416 e. The average Bonchev–Trinajstić information content (AvgIpc) is 2.75. The summed E-state index contributed by atoms with van der Waals surface area (Å²) in [6, 6.07) is 8.82. The van der Waals surface area contributed by atoms with Gasteiger partial charge in [-0.15, -0.1) is 10.2 Å². The van der Waals surface area contributed by atoms with Crippen LogP contribution in [0.25, 0.3) is 0 Å². The van der Waals surface area contributed by atoms with Crippen LogP contribution in [0, 0.1) is 0 Å². The van der Waals surface area contributed by atoms with Crippen molar-refractivity contribution in [3.63, 3.8) is 0 Å². The molecule has 9 heteroatoms. The Kier molecular flexibility index (Phi) is 6.79. The summed E-state index contributed by atoms with van der Waals surface area (Å²) in [4.78, 5) is 18.4. The molecule has 0 bridgehead atoms. The number of anilines is 2. The molecule has 1 aliphatic heterocycles. The van der Waals surface area contributed by atoms with Crippen molar-refractivity contribution in [2.75, 3.05) is 49.1 Å². The van der Waals surface area contributed by atoms with Crippen LogP contribution in [0.5, 0.6) is 0 Å². The minimum absolute atomic E-state index is 0.0394. The summed E-state index contributed by atoms with van der Waals surface area (Å²) in [6.45, 7) is 8.05.